The van der Waals surface area contributed by atoms with Crippen molar-refractivity contribution in [2.75, 3.05) is 6.54 Å². The molecule has 0 saturated heterocycles. The van der Waals surface area contributed by atoms with Crippen LogP contribution in [-0.2, 0) is 6.42 Å². The molecule has 0 aliphatic carbocycles. The van der Waals surface area contributed by atoms with Gasteiger partial charge in [-0.15, -0.1) is 0 Å². The summed E-state index contributed by atoms with van der Waals surface area (Å²) in [5.41, 5.74) is 0.243. The Balaban J connectivity index is 3.06. The molecule has 1 unspecified atom stereocenters. The zero-order valence-corrected chi connectivity index (χ0v) is 11.1. The Morgan fingerprint density at radius 2 is 2.17 bits per heavy atom. The minimum Gasteiger partial charge on any atom is -0.314 e. The number of nitro groups is 1. The molecule has 0 heterocycles. The third-order valence-electron chi connectivity index (χ3n) is 2.77. The summed E-state index contributed by atoms with van der Waals surface area (Å²) in [6.45, 7) is 4.70. The van der Waals surface area contributed by atoms with Gasteiger partial charge in [0.2, 0.25) is 0 Å². The maximum absolute atomic E-state index is 13.4. The molecule has 4 nitrogen and oxygen atoms in total. The van der Waals surface area contributed by atoms with Gasteiger partial charge in [0.25, 0.3) is 5.69 Å². The van der Waals surface area contributed by atoms with Gasteiger partial charge in [0.1, 0.15) is 5.82 Å². The Morgan fingerprint density at radius 1 is 1.50 bits per heavy atom. The molecule has 0 spiro atoms. The van der Waals surface area contributed by atoms with E-state index in [-0.39, 0.29) is 16.8 Å². The molecule has 100 valence electrons. The highest BCUT2D eigenvalue weighted by molar-refractivity contribution is 6.31. The van der Waals surface area contributed by atoms with Crippen molar-refractivity contribution in [3.05, 3.63) is 38.7 Å². The third kappa shape index (κ3) is 3.65. The predicted octanol–water partition coefficient (Wildman–Crippen LogP) is 3.32. The summed E-state index contributed by atoms with van der Waals surface area (Å²) in [5.74, 6) is -0.622. The molecule has 0 amide bonds. The van der Waals surface area contributed by atoms with Crippen LogP contribution >= 0.6 is 11.6 Å². The highest BCUT2D eigenvalue weighted by atomic mass is 35.5. The van der Waals surface area contributed by atoms with Crippen LogP contribution in [0.25, 0.3) is 0 Å². The van der Waals surface area contributed by atoms with Gasteiger partial charge in [-0.25, -0.2) is 4.39 Å². The zero-order chi connectivity index (χ0) is 13.7. The number of likely N-dealkylation sites (N-methyl/N-ethyl adjacent to an activating group) is 1. The fourth-order valence-electron chi connectivity index (χ4n) is 1.83. The fourth-order valence-corrected chi connectivity index (χ4v) is 1.98. The van der Waals surface area contributed by atoms with Crippen LogP contribution in [-0.4, -0.2) is 17.5 Å². The zero-order valence-electron chi connectivity index (χ0n) is 10.4. The van der Waals surface area contributed by atoms with E-state index in [2.05, 4.69) is 5.32 Å². The lowest BCUT2D eigenvalue weighted by Crippen LogP contribution is -2.30. The molecule has 6 heteroatoms. The first-order chi connectivity index (χ1) is 8.49. The van der Waals surface area contributed by atoms with E-state index in [0.29, 0.717) is 12.0 Å². The smallest absolute Gasteiger partial charge is 0.274 e. The molecule has 0 aliphatic heterocycles. The average molecular weight is 275 g/mol. The van der Waals surface area contributed by atoms with E-state index in [1.165, 1.54) is 0 Å². The Morgan fingerprint density at radius 3 is 2.67 bits per heavy atom. The molecular weight excluding hydrogens is 259 g/mol. The lowest BCUT2D eigenvalue weighted by Gasteiger charge is -2.15. The second-order valence-corrected chi connectivity index (χ2v) is 4.43. The van der Waals surface area contributed by atoms with Crippen molar-refractivity contribution in [1.29, 1.82) is 0 Å². The predicted molar refractivity (Wildman–Crippen MR) is 69.5 cm³/mol. The molecule has 1 aromatic carbocycles. The minimum absolute atomic E-state index is 0.0919. The van der Waals surface area contributed by atoms with Gasteiger partial charge in [0, 0.05) is 17.7 Å². The van der Waals surface area contributed by atoms with Gasteiger partial charge in [0.15, 0.2) is 0 Å². The topological polar surface area (TPSA) is 55.2 Å². The number of halogens is 2. The molecule has 0 radical (unpaired) electrons. The summed E-state index contributed by atoms with van der Waals surface area (Å²) in [5, 5.41) is 13.9. The normalized spacial score (nSPS) is 12.4. The number of benzene rings is 1. The first-order valence-corrected chi connectivity index (χ1v) is 6.23. The standard InChI is InChI=1S/C12H16ClFN2O2/c1-3-9(15-4-2)5-8-6-11(14)10(13)7-12(8)16(17)18/h6-7,9,15H,3-5H2,1-2H3. The molecule has 1 rings (SSSR count). The van der Waals surface area contributed by atoms with Gasteiger partial charge in [-0.05, 0) is 25.5 Å². The fraction of sp³-hybridized carbons (Fsp3) is 0.500. The molecule has 0 fully saturated rings. The van der Waals surface area contributed by atoms with Gasteiger partial charge in [-0.1, -0.05) is 25.4 Å². The van der Waals surface area contributed by atoms with Gasteiger partial charge in [-0.2, -0.15) is 0 Å². The van der Waals surface area contributed by atoms with E-state index in [9.17, 15) is 14.5 Å². The van der Waals surface area contributed by atoms with Crippen LogP contribution in [0.1, 0.15) is 25.8 Å². The van der Waals surface area contributed by atoms with Gasteiger partial charge >= 0.3 is 0 Å². The Hall–Kier alpha value is -1.20. The van der Waals surface area contributed by atoms with E-state index in [1.54, 1.807) is 0 Å². The SMILES string of the molecule is CCNC(CC)Cc1cc(F)c(Cl)cc1[N+](=O)[O-]. The van der Waals surface area contributed by atoms with Crippen LogP contribution in [0.15, 0.2) is 12.1 Å². The van der Waals surface area contributed by atoms with Gasteiger partial charge < -0.3 is 5.32 Å². The van der Waals surface area contributed by atoms with Crippen molar-refractivity contribution >= 4 is 17.3 Å². The summed E-state index contributed by atoms with van der Waals surface area (Å²) in [6, 6.07) is 2.32. The highest BCUT2D eigenvalue weighted by Gasteiger charge is 2.20. The first kappa shape index (κ1) is 14.9. The third-order valence-corrected chi connectivity index (χ3v) is 3.06. The number of hydrogen-bond acceptors (Lipinski definition) is 3. The van der Waals surface area contributed by atoms with Gasteiger partial charge in [0.05, 0.1) is 9.95 Å². The van der Waals surface area contributed by atoms with E-state index in [1.807, 2.05) is 13.8 Å². The number of nitrogens with zero attached hydrogens (tertiary/aromatic N) is 1. The Labute approximate surface area is 110 Å². The van der Waals surface area contributed by atoms with Gasteiger partial charge in [-0.3, -0.25) is 10.1 Å². The number of rotatable bonds is 6. The second-order valence-electron chi connectivity index (χ2n) is 4.02. The van der Waals surface area contributed by atoms with Crippen molar-refractivity contribution in [2.24, 2.45) is 0 Å². The second kappa shape index (κ2) is 6.66. The number of hydrogen-bond donors (Lipinski definition) is 1. The largest absolute Gasteiger partial charge is 0.314 e. The molecular formula is C12H16ClFN2O2. The van der Waals surface area contributed by atoms with Crippen LogP contribution in [0, 0.1) is 15.9 Å². The molecule has 0 aliphatic rings. The molecule has 18 heavy (non-hydrogen) atoms. The van der Waals surface area contributed by atoms with Crippen molar-refractivity contribution in [3.8, 4) is 0 Å². The van der Waals surface area contributed by atoms with Crippen molar-refractivity contribution < 1.29 is 9.31 Å². The summed E-state index contributed by atoms with van der Waals surface area (Å²) in [4.78, 5) is 10.4. The summed E-state index contributed by atoms with van der Waals surface area (Å²) < 4.78 is 13.4. The van der Waals surface area contributed by atoms with Crippen LogP contribution in [0.5, 0.6) is 0 Å². The minimum atomic E-state index is -0.622. The number of nitrogens with one attached hydrogen (secondary N) is 1. The van der Waals surface area contributed by atoms with Crippen molar-refractivity contribution in [3.63, 3.8) is 0 Å². The lowest BCUT2D eigenvalue weighted by atomic mass is 10.0. The highest BCUT2D eigenvalue weighted by Crippen LogP contribution is 2.27. The first-order valence-electron chi connectivity index (χ1n) is 5.85. The molecule has 1 aromatic rings. The van der Waals surface area contributed by atoms with Crippen LogP contribution in [0.4, 0.5) is 10.1 Å². The van der Waals surface area contributed by atoms with E-state index in [0.717, 1.165) is 25.1 Å². The van der Waals surface area contributed by atoms with Crippen molar-refractivity contribution in [1.82, 2.24) is 5.32 Å². The summed E-state index contributed by atoms with van der Waals surface area (Å²) >= 11 is 5.57. The van der Waals surface area contributed by atoms with E-state index in [4.69, 9.17) is 11.6 Å². The maximum Gasteiger partial charge on any atom is 0.274 e. The Kier molecular flexibility index (Phi) is 5.50. The van der Waals surface area contributed by atoms with Crippen molar-refractivity contribution in [2.45, 2.75) is 32.7 Å². The summed E-state index contributed by atoms with van der Waals surface area (Å²) in [7, 11) is 0. The van der Waals surface area contributed by atoms with Crippen LogP contribution in [0.2, 0.25) is 5.02 Å². The molecule has 1 N–H and O–H groups in total. The Bertz CT molecular complexity index is 440. The molecule has 0 bridgehead atoms. The average Bonchev–Trinajstić information content (AvgIpc) is 2.32. The van der Waals surface area contributed by atoms with E-state index >= 15 is 0 Å². The lowest BCUT2D eigenvalue weighted by molar-refractivity contribution is -0.385. The van der Waals surface area contributed by atoms with E-state index < -0.39 is 10.7 Å². The summed E-state index contributed by atoms with van der Waals surface area (Å²) in [6.07, 6.45) is 1.23. The van der Waals surface area contributed by atoms with Crippen LogP contribution < -0.4 is 5.32 Å². The monoisotopic (exact) mass is 274 g/mol. The maximum atomic E-state index is 13.4. The van der Waals surface area contributed by atoms with Crippen LogP contribution in [0.3, 0.4) is 0 Å². The molecule has 0 saturated carbocycles. The number of nitro benzene ring substituents is 1. The molecule has 1 atom stereocenters. The quantitative estimate of drug-likeness (QED) is 0.639. The molecule has 0 aromatic heterocycles.